The fourth-order valence-electron chi connectivity index (χ4n) is 2.61. The molecule has 0 bridgehead atoms. The fourth-order valence-corrected chi connectivity index (χ4v) is 2.61. The molecule has 2 N–H and O–H groups in total. The summed E-state index contributed by atoms with van der Waals surface area (Å²) in [4.78, 5) is 0. The molecule has 18 heavy (non-hydrogen) atoms. The van der Waals surface area contributed by atoms with Crippen LogP contribution in [0, 0.1) is 0 Å². The van der Waals surface area contributed by atoms with Crippen molar-refractivity contribution in [3.8, 4) is 5.75 Å². The SMILES string of the molecule is CC(C)Oc1ccc(C2CCCNC2CO)cc1. The molecule has 2 atom stereocenters. The van der Waals surface area contributed by atoms with Crippen molar-refractivity contribution in [3.63, 3.8) is 0 Å². The molecule has 3 nitrogen and oxygen atoms in total. The van der Waals surface area contributed by atoms with E-state index >= 15 is 0 Å². The molecule has 1 fully saturated rings. The van der Waals surface area contributed by atoms with Crippen LogP contribution in [0.5, 0.6) is 5.75 Å². The van der Waals surface area contributed by atoms with E-state index in [0.717, 1.165) is 18.7 Å². The molecule has 1 aromatic rings. The second-order valence-corrected chi connectivity index (χ2v) is 5.23. The zero-order chi connectivity index (χ0) is 13.0. The van der Waals surface area contributed by atoms with Gasteiger partial charge in [0.05, 0.1) is 12.7 Å². The molecule has 0 spiro atoms. The third-order valence-corrected chi connectivity index (χ3v) is 3.46. The quantitative estimate of drug-likeness (QED) is 0.860. The van der Waals surface area contributed by atoms with Crippen molar-refractivity contribution in [2.45, 2.75) is 44.8 Å². The lowest BCUT2D eigenvalue weighted by atomic mass is 9.85. The Bertz CT molecular complexity index is 361. The van der Waals surface area contributed by atoms with E-state index in [4.69, 9.17) is 4.74 Å². The van der Waals surface area contributed by atoms with Crippen molar-refractivity contribution in [1.29, 1.82) is 0 Å². The van der Waals surface area contributed by atoms with Gasteiger partial charge in [-0.3, -0.25) is 0 Å². The first-order valence-electron chi connectivity index (χ1n) is 6.81. The minimum Gasteiger partial charge on any atom is -0.491 e. The molecule has 1 aromatic carbocycles. The summed E-state index contributed by atoms with van der Waals surface area (Å²) in [5.41, 5.74) is 1.29. The Morgan fingerprint density at radius 3 is 2.67 bits per heavy atom. The van der Waals surface area contributed by atoms with Gasteiger partial charge in [0, 0.05) is 12.0 Å². The molecule has 0 aliphatic carbocycles. The highest BCUT2D eigenvalue weighted by Gasteiger charge is 2.25. The second kappa shape index (κ2) is 6.21. The highest BCUT2D eigenvalue weighted by atomic mass is 16.5. The number of hydrogen-bond donors (Lipinski definition) is 2. The second-order valence-electron chi connectivity index (χ2n) is 5.23. The summed E-state index contributed by atoms with van der Waals surface area (Å²) in [5.74, 6) is 1.33. The van der Waals surface area contributed by atoms with E-state index in [2.05, 4.69) is 17.4 Å². The molecule has 1 aliphatic heterocycles. The average Bonchev–Trinajstić information content (AvgIpc) is 2.39. The lowest BCUT2D eigenvalue weighted by Crippen LogP contribution is -2.42. The molecule has 1 aliphatic rings. The molecule has 0 saturated carbocycles. The maximum atomic E-state index is 9.41. The lowest BCUT2D eigenvalue weighted by Gasteiger charge is -2.31. The molecule has 0 amide bonds. The van der Waals surface area contributed by atoms with E-state index < -0.39 is 0 Å². The Balaban J connectivity index is 2.07. The number of benzene rings is 1. The van der Waals surface area contributed by atoms with Gasteiger partial charge in [0.1, 0.15) is 5.75 Å². The van der Waals surface area contributed by atoms with Crippen LogP contribution in [0.2, 0.25) is 0 Å². The number of piperidine rings is 1. The van der Waals surface area contributed by atoms with Gasteiger partial charge in [0.25, 0.3) is 0 Å². The number of nitrogens with one attached hydrogen (secondary N) is 1. The van der Waals surface area contributed by atoms with Gasteiger partial charge in [0.2, 0.25) is 0 Å². The minimum atomic E-state index is 0.190. The van der Waals surface area contributed by atoms with Gasteiger partial charge in [-0.25, -0.2) is 0 Å². The number of hydrogen-bond acceptors (Lipinski definition) is 3. The normalized spacial score (nSPS) is 24.2. The standard InChI is InChI=1S/C15H23NO2/c1-11(2)18-13-7-5-12(6-8-13)14-4-3-9-16-15(14)10-17/h5-8,11,14-17H,3-4,9-10H2,1-2H3. The first-order valence-corrected chi connectivity index (χ1v) is 6.81. The molecular weight excluding hydrogens is 226 g/mol. The third-order valence-electron chi connectivity index (χ3n) is 3.46. The van der Waals surface area contributed by atoms with Crippen LogP contribution in [0.3, 0.4) is 0 Å². The summed E-state index contributed by atoms with van der Waals surface area (Å²) in [7, 11) is 0. The largest absolute Gasteiger partial charge is 0.491 e. The number of aliphatic hydroxyl groups is 1. The maximum Gasteiger partial charge on any atom is 0.119 e. The van der Waals surface area contributed by atoms with Crippen LogP contribution < -0.4 is 10.1 Å². The van der Waals surface area contributed by atoms with Crippen LogP contribution in [0.25, 0.3) is 0 Å². The topological polar surface area (TPSA) is 41.5 Å². The van der Waals surface area contributed by atoms with Crippen molar-refractivity contribution in [2.24, 2.45) is 0 Å². The molecule has 2 rings (SSSR count). The van der Waals surface area contributed by atoms with Gasteiger partial charge in [-0.15, -0.1) is 0 Å². The van der Waals surface area contributed by atoms with Crippen molar-refractivity contribution in [2.75, 3.05) is 13.2 Å². The van der Waals surface area contributed by atoms with Gasteiger partial charge in [-0.1, -0.05) is 12.1 Å². The highest BCUT2D eigenvalue weighted by Crippen LogP contribution is 2.29. The first-order chi connectivity index (χ1) is 8.70. The molecule has 1 heterocycles. The molecule has 3 heteroatoms. The Labute approximate surface area is 109 Å². The monoisotopic (exact) mass is 249 g/mol. The Morgan fingerprint density at radius 1 is 1.33 bits per heavy atom. The van der Waals surface area contributed by atoms with Gasteiger partial charge in [-0.2, -0.15) is 0 Å². The first kappa shape index (κ1) is 13.4. The van der Waals surface area contributed by atoms with Crippen LogP contribution in [-0.4, -0.2) is 30.4 Å². The van der Waals surface area contributed by atoms with Crippen LogP contribution in [0.1, 0.15) is 38.2 Å². The number of rotatable bonds is 4. The van der Waals surface area contributed by atoms with E-state index in [-0.39, 0.29) is 18.8 Å². The summed E-state index contributed by atoms with van der Waals surface area (Å²) in [6.07, 6.45) is 2.52. The maximum absolute atomic E-state index is 9.41. The average molecular weight is 249 g/mol. The van der Waals surface area contributed by atoms with Crippen LogP contribution in [-0.2, 0) is 0 Å². The van der Waals surface area contributed by atoms with Gasteiger partial charge < -0.3 is 15.2 Å². The van der Waals surface area contributed by atoms with Gasteiger partial charge >= 0.3 is 0 Å². The van der Waals surface area contributed by atoms with Crippen molar-refractivity contribution in [3.05, 3.63) is 29.8 Å². The fraction of sp³-hybridized carbons (Fsp3) is 0.600. The number of ether oxygens (including phenoxy) is 1. The predicted octanol–water partition coefficient (Wildman–Crippen LogP) is 2.30. The third kappa shape index (κ3) is 3.24. The lowest BCUT2D eigenvalue weighted by molar-refractivity contribution is 0.201. The van der Waals surface area contributed by atoms with E-state index in [1.807, 2.05) is 26.0 Å². The smallest absolute Gasteiger partial charge is 0.119 e. The van der Waals surface area contributed by atoms with Crippen LogP contribution >= 0.6 is 0 Å². The van der Waals surface area contributed by atoms with Crippen molar-refractivity contribution in [1.82, 2.24) is 5.32 Å². The van der Waals surface area contributed by atoms with Crippen LogP contribution in [0.15, 0.2) is 24.3 Å². The summed E-state index contributed by atoms with van der Waals surface area (Å²) in [6.45, 7) is 5.27. The Hall–Kier alpha value is -1.06. The Kier molecular flexibility index (Phi) is 4.61. The molecule has 1 saturated heterocycles. The number of aliphatic hydroxyl groups excluding tert-OH is 1. The van der Waals surface area contributed by atoms with Crippen LogP contribution in [0.4, 0.5) is 0 Å². The van der Waals surface area contributed by atoms with E-state index in [1.54, 1.807) is 0 Å². The van der Waals surface area contributed by atoms with Crippen molar-refractivity contribution < 1.29 is 9.84 Å². The zero-order valence-electron chi connectivity index (χ0n) is 11.2. The molecule has 100 valence electrons. The van der Waals surface area contributed by atoms with Gasteiger partial charge in [0.15, 0.2) is 0 Å². The summed E-state index contributed by atoms with van der Waals surface area (Å²) in [5, 5.41) is 12.8. The molecule has 2 unspecified atom stereocenters. The summed E-state index contributed by atoms with van der Waals surface area (Å²) >= 11 is 0. The molecule has 0 aromatic heterocycles. The molecular formula is C15H23NO2. The predicted molar refractivity (Wildman–Crippen MR) is 73.1 cm³/mol. The van der Waals surface area contributed by atoms with Crippen molar-refractivity contribution >= 4 is 0 Å². The summed E-state index contributed by atoms with van der Waals surface area (Å²) in [6, 6.07) is 8.49. The highest BCUT2D eigenvalue weighted by molar-refractivity contribution is 5.30. The van der Waals surface area contributed by atoms with E-state index in [0.29, 0.717) is 5.92 Å². The minimum absolute atomic E-state index is 0.190. The van der Waals surface area contributed by atoms with E-state index in [9.17, 15) is 5.11 Å². The van der Waals surface area contributed by atoms with E-state index in [1.165, 1.54) is 12.0 Å². The molecule has 0 radical (unpaired) electrons. The Morgan fingerprint density at radius 2 is 2.06 bits per heavy atom. The summed E-state index contributed by atoms with van der Waals surface area (Å²) < 4.78 is 5.64. The van der Waals surface area contributed by atoms with Gasteiger partial charge in [-0.05, 0) is 50.9 Å². The zero-order valence-corrected chi connectivity index (χ0v) is 11.2.